The number of amides is 1. The molecule has 0 saturated heterocycles. The number of fused-ring (bicyclic) bond motifs is 1. The topological polar surface area (TPSA) is 63.4 Å². The molecule has 2 aromatic rings. The Bertz CT molecular complexity index is 789. The zero-order chi connectivity index (χ0) is 16.8. The fourth-order valence-electron chi connectivity index (χ4n) is 2.84. The second-order valence-electron chi connectivity index (χ2n) is 6.76. The summed E-state index contributed by atoms with van der Waals surface area (Å²) in [7, 11) is 0. The quantitative estimate of drug-likeness (QED) is 0.621. The molecule has 0 fully saturated rings. The zero-order valence-corrected chi connectivity index (χ0v) is 13.4. The molecule has 0 radical (unpaired) electrons. The number of benzene rings is 2. The van der Waals surface area contributed by atoms with Crippen LogP contribution in [-0.2, 0) is 12.0 Å². The van der Waals surface area contributed by atoms with Crippen molar-refractivity contribution in [3.8, 4) is 0 Å². The minimum absolute atomic E-state index is 0.0370. The Morgan fingerprint density at radius 1 is 1.09 bits per heavy atom. The Kier molecular flexibility index (Phi) is 3.43. The molecule has 1 heterocycles. The van der Waals surface area contributed by atoms with Crippen LogP contribution >= 0.6 is 0 Å². The van der Waals surface area contributed by atoms with Crippen molar-refractivity contribution >= 4 is 17.3 Å². The van der Waals surface area contributed by atoms with E-state index in [0.717, 1.165) is 5.69 Å². The molecule has 0 bridgehead atoms. The van der Waals surface area contributed by atoms with Gasteiger partial charge in [-0.3, -0.25) is 14.9 Å². The average molecular weight is 310 g/mol. The summed E-state index contributed by atoms with van der Waals surface area (Å²) in [4.78, 5) is 24.9. The van der Waals surface area contributed by atoms with Crippen LogP contribution < -0.4 is 4.90 Å². The molecule has 5 heteroatoms. The number of nitro benzene ring substituents is 1. The van der Waals surface area contributed by atoms with Crippen LogP contribution in [0.15, 0.2) is 42.5 Å². The summed E-state index contributed by atoms with van der Waals surface area (Å²) in [6.45, 7) is 6.75. The van der Waals surface area contributed by atoms with E-state index in [0.29, 0.717) is 12.1 Å². The van der Waals surface area contributed by atoms with Crippen molar-refractivity contribution in [3.63, 3.8) is 0 Å². The Balaban J connectivity index is 1.97. The number of hydrogen-bond donors (Lipinski definition) is 0. The van der Waals surface area contributed by atoms with E-state index in [-0.39, 0.29) is 22.6 Å². The maximum atomic E-state index is 12.6. The van der Waals surface area contributed by atoms with Gasteiger partial charge in [-0.2, -0.15) is 0 Å². The molecule has 0 atom stereocenters. The summed E-state index contributed by atoms with van der Waals surface area (Å²) in [5, 5.41) is 11.1. The molecule has 0 unspecified atom stereocenters. The van der Waals surface area contributed by atoms with E-state index in [1.807, 2.05) is 24.3 Å². The van der Waals surface area contributed by atoms with Gasteiger partial charge in [-0.1, -0.05) is 45.0 Å². The number of hydrogen-bond acceptors (Lipinski definition) is 3. The fourth-order valence-corrected chi connectivity index (χ4v) is 2.84. The van der Waals surface area contributed by atoms with Crippen LogP contribution in [0.2, 0.25) is 0 Å². The highest BCUT2D eigenvalue weighted by Gasteiger charge is 2.35. The van der Waals surface area contributed by atoms with E-state index in [2.05, 4.69) is 20.8 Å². The lowest BCUT2D eigenvalue weighted by atomic mass is 9.87. The third kappa shape index (κ3) is 2.59. The van der Waals surface area contributed by atoms with Gasteiger partial charge in [0, 0.05) is 11.8 Å². The van der Waals surface area contributed by atoms with Gasteiger partial charge in [0.1, 0.15) is 5.56 Å². The van der Waals surface area contributed by atoms with Crippen LogP contribution in [-0.4, -0.2) is 10.8 Å². The van der Waals surface area contributed by atoms with Gasteiger partial charge < -0.3 is 4.90 Å². The molecule has 3 rings (SSSR count). The van der Waals surface area contributed by atoms with Gasteiger partial charge in [0.15, 0.2) is 0 Å². The minimum Gasteiger partial charge on any atom is -0.304 e. The van der Waals surface area contributed by atoms with Gasteiger partial charge in [0.25, 0.3) is 11.6 Å². The second kappa shape index (κ2) is 5.19. The maximum absolute atomic E-state index is 12.6. The third-order valence-electron chi connectivity index (χ3n) is 4.16. The van der Waals surface area contributed by atoms with Crippen molar-refractivity contribution < 1.29 is 9.72 Å². The molecule has 0 spiro atoms. The SMILES string of the molecule is CC(C)(C)c1ccc(N2Cc3cccc([N+](=O)[O-])c3C2=O)cc1. The van der Waals surface area contributed by atoms with Crippen molar-refractivity contribution in [2.24, 2.45) is 0 Å². The van der Waals surface area contributed by atoms with Crippen LogP contribution in [0.4, 0.5) is 11.4 Å². The summed E-state index contributed by atoms with van der Waals surface area (Å²) in [5.74, 6) is -0.309. The van der Waals surface area contributed by atoms with Crippen LogP contribution in [0.1, 0.15) is 42.3 Å². The predicted octanol–water partition coefficient (Wildman–Crippen LogP) is 4.05. The first-order chi connectivity index (χ1) is 10.8. The Labute approximate surface area is 134 Å². The minimum atomic E-state index is -0.497. The fraction of sp³-hybridized carbons (Fsp3) is 0.278. The van der Waals surface area contributed by atoms with E-state index in [9.17, 15) is 14.9 Å². The van der Waals surface area contributed by atoms with Crippen molar-refractivity contribution in [2.75, 3.05) is 4.90 Å². The first-order valence-electron chi connectivity index (χ1n) is 7.48. The summed E-state index contributed by atoms with van der Waals surface area (Å²) in [6, 6.07) is 12.6. The van der Waals surface area contributed by atoms with Crippen molar-refractivity contribution in [3.05, 3.63) is 69.3 Å². The summed E-state index contributed by atoms with van der Waals surface area (Å²) < 4.78 is 0. The monoisotopic (exact) mass is 310 g/mol. The highest BCUT2D eigenvalue weighted by atomic mass is 16.6. The molecule has 1 aliphatic rings. The molecule has 0 N–H and O–H groups in total. The third-order valence-corrected chi connectivity index (χ3v) is 4.16. The first-order valence-corrected chi connectivity index (χ1v) is 7.48. The number of nitro groups is 1. The standard InChI is InChI=1S/C18H18N2O3/c1-18(2,3)13-7-9-14(10-8-13)19-11-12-5-4-6-15(20(22)23)16(12)17(19)21/h4-10H,11H2,1-3H3. The number of nitrogens with zero attached hydrogens (tertiary/aromatic N) is 2. The molecule has 0 aliphatic carbocycles. The molecular weight excluding hydrogens is 292 g/mol. The van der Waals surface area contributed by atoms with Crippen molar-refractivity contribution in [1.29, 1.82) is 0 Å². The average Bonchev–Trinajstić information content (AvgIpc) is 2.84. The van der Waals surface area contributed by atoms with Gasteiger partial charge in [0.05, 0.1) is 11.5 Å². The molecule has 0 saturated carbocycles. The van der Waals surface area contributed by atoms with E-state index < -0.39 is 4.92 Å². The van der Waals surface area contributed by atoms with Gasteiger partial charge in [-0.05, 0) is 28.7 Å². The first kappa shape index (κ1) is 15.2. The molecule has 1 aliphatic heterocycles. The summed E-state index contributed by atoms with van der Waals surface area (Å²) >= 11 is 0. The molecule has 1 amide bonds. The number of rotatable bonds is 2. The van der Waals surface area contributed by atoms with Crippen LogP contribution in [0.3, 0.4) is 0 Å². The van der Waals surface area contributed by atoms with Gasteiger partial charge in [-0.25, -0.2) is 0 Å². The van der Waals surface area contributed by atoms with E-state index in [4.69, 9.17) is 0 Å². The molecule has 2 aromatic carbocycles. The summed E-state index contributed by atoms with van der Waals surface area (Å²) in [6.07, 6.45) is 0. The van der Waals surface area contributed by atoms with Crippen LogP contribution in [0.5, 0.6) is 0 Å². The van der Waals surface area contributed by atoms with E-state index in [1.54, 1.807) is 17.0 Å². The lowest BCUT2D eigenvalue weighted by Crippen LogP contribution is -2.23. The number of carbonyl (C=O) groups excluding carboxylic acids is 1. The molecule has 118 valence electrons. The smallest absolute Gasteiger partial charge is 0.282 e. The molecule has 5 nitrogen and oxygen atoms in total. The van der Waals surface area contributed by atoms with Gasteiger partial charge >= 0.3 is 0 Å². The number of anilines is 1. The van der Waals surface area contributed by atoms with Crippen LogP contribution in [0, 0.1) is 10.1 Å². The van der Waals surface area contributed by atoms with E-state index in [1.165, 1.54) is 11.6 Å². The van der Waals surface area contributed by atoms with Crippen molar-refractivity contribution in [2.45, 2.75) is 32.7 Å². The normalized spacial score (nSPS) is 14.0. The Morgan fingerprint density at radius 3 is 2.30 bits per heavy atom. The predicted molar refractivity (Wildman–Crippen MR) is 88.8 cm³/mol. The van der Waals surface area contributed by atoms with Gasteiger partial charge in [-0.15, -0.1) is 0 Å². The highest BCUT2D eigenvalue weighted by Crippen LogP contribution is 2.34. The van der Waals surface area contributed by atoms with Crippen molar-refractivity contribution in [1.82, 2.24) is 0 Å². The molecule has 0 aromatic heterocycles. The molecular formula is C18H18N2O3. The second-order valence-corrected chi connectivity index (χ2v) is 6.76. The number of carbonyl (C=O) groups is 1. The lowest BCUT2D eigenvalue weighted by molar-refractivity contribution is -0.385. The molecule has 23 heavy (non-hydrogen) atoms. The van der Waals surface area contributed by atoms with Crippen LogP contribution in [0.25, 0.3) is 0 Å². The highest BCUT2D eigenvalue weighted by molar-refractivity contribution is 6.12. The summed E-state index contributed by atoms with van der Waals surface area (Å²) in [5.41, 5.74) is 2.75. The Hall–Kier alpha value is -2.69. The maximum Gasteiger partial charge on any atom is 0.282 e. The largest absolute Gasteiger partial charge is 0.304 e. The Morgan fingerprint density at radius 2 is 1.74 bits per heavy atom. The zero-order valence-electron chi connectivity index (χ0n) is 13.4. The lowest BCUT2D eigenvalue weighted by Gasteiger charge is -2.21. The van der Waals surface area contributed by atoms with E-state index >= 15 is 0 Å². The van der Waals surface area contributed by atoms with Gasteiger partial charge in [0.2, 0.25) is 0 Å².